The lowest BCUT2D eigenvalue weighted by molar-refractivity contribution is -0.172. The summed E-state index contributed by atoms with van der Waals surface area (Å²) in [6.45, 7) is -1.16. The Labute approximate surface area is 184 Å². The number of alkyl halides is 3. The third kappa shape index (κ3) is 5.35. The van der Waals surface area contributed by atoms with Gasteiger partial charge in [-0.2, -0.15) is 18.3 Å². The number of rotatable bonds is 8. The average molecular weight is 462 g/mol. The normalized spacial score (nSPS) is 11.8. The van der Waals surface area contributed by atoms with E-state index in [-0.39, 0.29) is 35.6 Å². The molecule has 2 aromatic carbocycles. The van der Waals surface area contributed by atoms with E-state index in [9.17, 15) is 18.0 Å². The van der Waals surface area contributed by atoms with Crippen LogP contribution in [0.15, 0.2) is 69.0 Å². The Bertz CT molecular complexity index is 1260. The second-order valence-corrected chi connectivity index (χ2v) is 7.78. The van der Waals surface area contributed by atoms with Crippen molar-refractivity contribution in [2.45, 2.75) is 17.9 Å². The van der Waals surface area contributed by atoms with Gasteiger partial charge in [-0.3, -0.25) is 4.79 Å². The van der Waals surface area contributed by atoms with Gasteiger partial charge in [0.25, 0.3) is 16.7 Å². The van der Waals surface area contributed by atoms with Crippen LogP contribution in [0.1, 0.15) is 5.56 Å². The Morgan fingerprint density at radius 3 is 2.47 bits per heavy atom. The molecule has 0 spiro atoms. The van der Waals surface area contributed by atoms with Crippen LogP contribution in [0, 0.1) is 0 Å². The first-order chi connectivity index (χ1) is 15.4. The van der Waals surface area contributed by atoms with Crippen molar-refractivity contribution in [3.05, 3.63) is 70.5 Å². The average Bonchev–Trinajstić information content (AvgIpc) is 3.24. The third-order valence-electron chi connectivity index (χ3n) is 4.37. The van der Waals surface area contributed by atoms with E-state index in [1.165, 1.54) is 4.68 Å². The number of halogens is 3. The molecule has 0 saturated carbocycles. The van der Waals surface area contributed by atoms with Crippen LogP contribution < -0.4 is 5.56 Å². The molecule has 0 N–H and O–H groups in total. The first-order valence-corrected chi connectivity index (χ1v) is 10.5. The van der Waals surface area contributed by atoms with Gasteiger partial charge in [-0.15, -0.1) is 10.2 Å². The molecule has 0 atom stereocenters. The zero-order chi connectivity index (χ0) is 22.6. The molecule has 0 unspecified atom stereocenters. The van der Waals surface area contributed by atoms with Crippen LogP contribution in [-0.4, -0.2) is 45.1 Å². The van der Waals surface area contributed by atoms with E-state index in [0.29, 0.717) is 16.5 Å². The molecular formula is C21H17F3N4O3S. The summed E-state index contributed by atoms with van der Waals surface area (Å²) >= 11 is 1.07. The quantitative estimate of drug-likeness (QED) is 0.287. The van der Waals surface area contributed by atoms with Gasteiger partial charge >= 0.3 is 6.18 Å². The predicted molar refractivity (Wildman–Crippen MR) is 112 cm³/mol. The first kappa shape index (κ1) is 22.0. The molecule has 2 aromatic heterocycles. The Morgan fingerprint density at radius 2 is 1.72 bits per heavy atom. The second-order valence-electron chi connectivity index (χ2n) is 6.73. The molecule has 4 aromatic rings. The van der Waals surface area contributed by atoms with Gasteiger partial charge in [-0.05, 0) is 11.6 Å². The number of aromatic nitrogens is 4. The number of thioether (sulfide) groups is 1. The van der Waals surface area contributed by atoms with Gasteiger partial charge in [-0.25, -0.2) is 4.68 Å². The Kier molecular flexibility index (Phi) is 6.56. The van der Waals surface area contributed by atoms with Crippen molar-refractivity contribution in [3.63, 3.8) is 0 Å². The molecule has 4 rings (SSSR count). The number of benzene rings is 2. The Balaban J connectivity index is 1.57. The fourth-order valence-electron chi connectivity index (χ4n) is 3.00. The number of hydrogen-bond acceptors (Lipinski definition) is 7. The SMILES string of the molecule is O=c1c2ccccc2c(-c2nnc(SCCOCC(F)(F)F)o2)nn1Cc1ccccc1. The highest BCUT2D eigenvalue weighted by Gasteiger charge is 2.27. The smallest absolute Gasteiger partial charge is 0.410 e. The van der Waals surface area contributed by atoms with Crippen LogP contribution in [0.2, 0.25) is 0 Å². The van der Waals surface area contributed by atoms with Crippen molar-refractivity contribution in [2.75, 3.05) is 19.0 Å². The van der Waals surface area contributed by atoms with Crippen LogP contribution in [-0.2, 0) is 11.3 Å². The number of ether oxygens (including phenoxy) is 1. The summed E-state index contributed by atoms with van der Waals surface area (Å²) in [6, 6.07) is 16.4. The lowest BCUT2D eigenvalue weighted by atomic mass is 10.1. The van der Waals surface area contributed by atoms with E-state index >= 15 is 0 Å². The van der Waals surface area contributed by atoms with E-state index in [1.807, 2.05) is 30.3 Å². The van der Waals surface area contributed by atoms with Crippen molar-refractivity contribution in [2.24, 2.45) is 0 Å². The fourth-order valence-corrected chi connectivity index (χ4v) is 3.61. The zero-order valence-electron chi connectivity index (χ0n) is 16.6. The molecule has 32 heavy (non-hydrogen) atoms. The van der Waals surface area contributed by atoms with Crippen LogP contribution in [0.4, 0.5) is 13.2 Å². The molecular weight excluding hydrogens is 445 g/mol. The molecule has 11 heteroatoms. The van der Waals surface area contributed by atoms with Gasteiger partial charge in [0.2, 0.25) is 0 Å². The van der Waals surface area contributed by atoms with Gasteiger partial charge in [-0.1, -0.05) is 60.3 Å². The third-order valence-corrected chi connectivity index (χ3v) is 5.15. The van der Waals surface area contributed by atoms with Crippen molar-refractivity contribution >= 4 is 22.5 Å². The number of hydrogen-bond donors (Lipinski definition) is 0. The molecule has 0 amide bonds. The van der Waals surface area contributed by atoms with Gasteiger partial charge < -0.3 is 9.15 Å². The molecule has 0 aliphatic rings. The largest absolute Gasteiger partial charge is 0.411 e. The van der Waals surface area contributed by atoms with Gasteiger partial charge in [0.05, 0.1) is 18.5 Å². The van der Waals surface area contributed by atoms with Crippen LogP contribution >= 0.6 is 11.8 Å². The van der Waals surface area contributed by atoms with Crippen molar-refractivity contribution in [3.8, 4) is 11.6 Å². The number of fused-ring (bicyclic) bond motifs is 1. The van der Waals surface area contributed by atoms with Crippen LogP contribution in [0.5, 0.6) is 0 Å². The van der Waals surface area contributed by atoms with E-state index in [2.05, 4.69) is 20.0 Å². The summed E-state index contributed by atoms with van der Waals surface area (Å²) in [5.74, 6) is 0.320. The Morgan fingerprint density at radius 1 is 1.00 bits per heavy atom. The van der Waals surface area contributed by atoms with Gasteiger partial charge in [0, 0.05) is 11.1 Å². The van der Waals surface area contributed by atoms with E-state index in [0.717, 1.165) is 17.3 Å². The van der Waals surface area contributed by atoms with Crippen molar-refractivity contribution in [1.29, 1.82) is 0 Å². The summed E-state index contributed by atoms with van der Waals surface area (Å²) < 4.78 is 47.9. The molecule has 0 saturated heterocycles. The van der Waals surface area contributed by atoms with E-state index in [4.69, 9.17) is 4.42 Å². The fraction of sp³-hybridized carbons (Fsp3) is 0.238. The highest BCUT2D eigenvalue weighted by molar-refractivity contribution is 7.99. The van der Waals surface area contributed by atoms with Crippen molar-refractivity contribution < 1.29 is 22.3 Å². The molecule has 166 valence electrons. The standard InChI is InChI=1S/C21H17F3N4O3S/c22-21(23,24)13-30-10-11-32-20-26-25-18(31-20)17-15-8-4-5-9-16(15)19(29)28(27-17)12-14-6-2-1-3-7-14/h1-9H,10-13H2. The highest BCUT2D eigenvalue weighted by Crippen LogP contribution is 2.26. The minimum atomic E-state index is -4.36. The molecule has 2 heterocycles. The summed E-state index contributed by atoms with van der Waals surface area (Å²) in [5.41, 5.74) is 1.01. The van der Waals surface area contributed by atoms with Crippen molar-refractivity contribution in [1.82, 2.24) is 20.0 Å². The topological polar surface area (TPSA) is 83.0 Å². The van der Waals surface area contributed by atoms with Crippen LogP contribution in [0.25, 0.3) is 22.4 Å². The minimum Gasteiger partial charge on any atom is -0.410 e. The summed E-state index contributed by atoms with van der Waals surface area (Å²) in [5, 5.41) is 13.6. The van der Waals surface area contributed by atoms with Crippen LogP contribution in [0.3, 0.4) is 0 Å². The van der Waals surface area contributed by atoms with Gasteiger partial charge in [0.15, 0.2) is 5.69 Å². The lowest BCUT2D eigenvalue weighted by Crippen LogP contribution is -2.24. The highest BCUT2D eigenvalue weighted by atomic mass is 32.2. The second kappa shape index (κ2) is 9.53. The van der Waals surface area contributed by atoms with Gasteiger partial charge in [0.1, 0.15) is 6.61 Å². The first-order valence-electron chi connectivity index (χ1n) is 9.56. The molecule has 0 bridgehead atoms. The molecule has 0 fully saturated rings. The van der Waals surface area contributed by atoms with E-state index in [1.54, 1.807) is 24.3 Å². The molecule has 7 nitrogen and oxygen atoms in total. The molecule has 0 aliphatic carbocycles. The van der Waals surface area contributed by atoms with E-state index < -0.39 is 12.8 Å². The minimum absolute atomic E-state index is 0.113. The maximum atomic E-state index is 12.9. The Hall–Kier alpha value is -3.18. The summed E-state index contributed by atoms with van der Waals surface area (Å²) in [6.07, 6.45) is -4.36. The summed E-state index contributed by atoms with van der Waals surface area (Å²) in [4.78, 5) is 12.9. The maximum Gasteiger partial charge on any atom is 0.411 e. The molecule has 0 radical (unpaired) electrons. The molecule has 0 aliphatic heterocycles. The summed E-state index contributed by atoms with van der Waals surface area (Å²) in [7, 11) is 0. The maximum absolute atomic E-state index is 12.9. The monoisotopic (exact) mass is 462 g/mol. The lowest BCUT2D eigenvalue weighted by Gasteiger charge is -2.09. The predicted octanol–water partition coefficient (Wildman–Crippen LogP) is 4.17. The number of nitrogens with zero attached hydrogens (tertiary/aromatic N) is 4. The zero-order valence-corrected chi connectivity index (χ0v) is 17.4.